The van der Waals surface area contributed by atoms with E-state index in [1.807, 2.05) is 12.4 Å². The number of rotatable bonds is 10. The second-order valence-electron chi connectivity index (χ2n) is 21.3. The topological polar surface area (TPSA) is 25.8 Å². The summed E-state index contributed by atoms with van der Waals surface area (Å²) in [4.78, 5) is 10.2. The summed E-state index contributed by atoms with van der Waals surface area (Å²) in [5.41, 5.74) is 27.2. The van der Waals surface area contributed by atoms with E-state index < -0.39 is 0 Å². The van der Waals surface area contributed by atoms with Crippen LogP contribution in [0.25, 0.3) is 134 Å². The van der Waals surface area contributed by atoms with Crippen molar-refractivity contribution in [3.63, 3.8) is 0 Å². The van der Waals surface area contributed by atoms with Crippen LogP contribution in [-0.2, 0) is 0 Å². The van der Waals surface area contributed by atoms with Gasteiger partial charge in [-0.15, -0.1) is 5.73 Å². The number of fused-ring (bicyclic) bond motifs is 1. The van der Waals surface area contributed by atoms with Crippen molar-refractivity contribution in [3.8, 4) is 78.1 Å². The largest absolute Gasteiger partial charge is 0.255 e. The summed E-state index contributed by atoms with van der Waals surface area (Å²) in [6.45, 7) is 6.91. The highest BCUT2D eigenvalue weighted by atomic mass is 14.8. The molecular formula is C80H56N2. The summed E-state index contributed by atoms with van der Waals surface area (Å²) in [6.07, 6.45) is 15.7. The van der Waals surface area contributed by atoms with Crippen LogP contribution in [-0.4, -0.2) is 9.97 Å². The van der Waals surface area contributed by atoms with E-state index in [9.17, 15) is 0 Å². The fraction of sp³-hybridized carbons (Fsp3) is 0.0375. The molecule has 82 heavy (non-hydrogen) atoms. The molecule has 1 unspecified atom stereocenters. The Bertz CT molecular complexity index is 4610. The summed E-state index contributed by atoms with van der Waals surface area (Å²) >= 11 is 0. The van der Waals surface area contributed by atoms with Gasteiger partial charge in [0.1, 0.15) is 0 Å². The molecule has 0 saturated carbocycles. The summed E-state index contributed by atoms with van der Waals surface area (Å²) in [7, 11) is 0. The first-order valence-corrected chi connectivity index (χ1v) is 28.3. The SMILES string of the molecule is C=C1/C=C\c2c(-c3ccccc3)cc(-c3ccccc3)c(/C=C\C)c2C=C=C(c2ccnc(-c3cc(-c4cc(-c5ccccc5)c5ccc6c(-c7ccccc7)cc(-c7ccccc7)c7ccc4c5c67)ccn3)c2)CC1c1ccccc1. The molecule has 2 heteroatoms. The van der Waals surface area contributed by atoms with E-state index in [2.05, 4.69) is 292 Å². The van der Waals surface area contributed by atoms with Gasteiger partial charge < -0.3 is 0 Å². The number of aromatic nitrogens is 2. The Hall–Kier alpha value is -10.5. The fourth-order valence-electron chi connectivity index (χ4n) is 12.5. The highest BCUT2D eigenvalue weighted by molar-refractivity contribution is 6.32. The molecule has 0 saturated heterocycles. The third kappa shape index (κ3) is 9.18. The molecule has 14 rings (SSSR count). The van der Waals surface area contributed by atoms with E-state index in [4.69, 9.17) is 16.5 Å². The van der Waals surface area contributed by atoms with Gasteiger partial charge in [0.2, 0.25) is 0 Å². The van der Waals surface area contributed by atoms with Gasteiger partial charge >= 0.3 is 0 Å². The van der Waals surface area contributed by atoms with Gasteiger partial charge in [-0.2, -0.15) is 0 Å². The van der Waals surface area contributed by atoms with Crippen molar-refractivity contribution in [2.45, 2.75) is 19.3 Å². The number of pyridine rings is 2. The second kappa shape index (κ2) is 21.6. The Morgan fingerprint density at radius 1 is 0.402 bits per heavy atom. The predicted octanol–water partition coefficient (Wildman–Crippen LogP) is 21.5. The molecule has 0 fully saturated rings. The average Bonchev–Trinajstić information content (AvgIpc) is 2.80. The number of benzene rings is 11. The number of hydrogen-bond donors (Lipinski definition) is 0. The number of allylic oxidation sites excluding steroid dienone is 4. The molecule has 0 spiro atoms. The molecule has 0 aliphatic heterocycles. The lowest BCUT2D eigenvalue weighted by molar-refractivity contribution is 0.845. The Morgan fingerprint density at radius 2 is 0.805 bits per heavy atom. The molecule has 0 amide bonds. The van der Waals surface area contributed by atoms with Gasteiger partial charge in [0, 0.05) is 23.9 Å². The normalized spacial score (nSPS) is 13.9. The van der Waals surface area contributed by atoms with Crippen molar-refractivity contribution in [3.05, 3.63) is 319 Å². The lowest BCUT2D eigenvalue weighted by atomic mass is 9.81. The summed E-state index contributed by atoms with van der Waals surface area (Å²) < 4.78 is 0. The maximum Gasteiger partial charge on any atom is 0.0892 e. The van der Waals surface area contributed by atoms with E-state index in [1.54, 1.807) is 0 Å². The fourth-order valence-corrected chi connectivity index (χ4v) is 12.5. The zero-order chi connectivity index (χ0) is 54.9. The van der Waals surface area contributed by atoms with Crippen LogP contribution < -0.4 is 0 Å². The van der Waals surface area contributed by atoms with Gasteiger partial charge in [0.25, 0.3) is 0 Å². The highest BCUT2D eigenvalue weighted by Gasteiger charge is 2.24. The van der Waals surface area contributed by atoms with E-state index >= 15 is 0 Å². The van der Waals surface area contributed by atoms with Crippen LogP contribution in [0.3, 0.4) is 0 Å². The van der Waals surface area contributed by atoms with Crippen LogP contribution in [0.2, 0.25) is 0 Å². The van der Waals surface area contributed by atoms with Crippen LogP contribution in [0.1, 0.15) is 47.1 Å². The average molecular weight is 1050 g/mol. The van der Waals surface area contributed by atoms with Crippen molar-refractivity contribution in [1.29, 1.82) is 0 Å². The molecule has 0 bridgehead atoms. The Balaban J connectivity index is 0.964. The van der Waals surface area contributed by atoms with E-state index in [0.717, 1.165) is 78.2 Å². The third-order valence-corrected chi connectivity index (χ3v) is 16.5. The van der Waals surface area contributed by atoms with Crippen molar-refractivity contribution < 1.29 is 0 Å². The molecule has 1 atom stereocenters. The zero-order valence-corrected chi connectivity index (χ0v) is 45.6. The van der Waals surface area contributed by atoms with E-state index in [1.165, 1.54) is 71.3 Å². The molecule has 2 nitrogen and oxygen atoms in total. The summed E-state index contributed by atoms with van der Waals surface area (Å²) in [5, 5.41) is 7.41. The molecule has 2 aromatic heterocycles. The number of nitrogens with zero attached hydrogens (tertiary/aromatic N) is 2. The minimum Gasteiger partial charge on any atom is -0.255 e. The second-order valence-corrected chi connectivity index (χ2v) is 21.3. The summed E-state index contributed by atoms with van der Waals surface area (Å²) in [5.74, 6) is -0.0207. The van der Waals surface area contributed by atoms with Crippen molar-refractivity contribution in [1.82, 2.24) is 9.97 Å². The van der Waals surface area contributed by atoms with Gasteiger partial charge in [-0.1, -0.05) is 237 Å². The molecular weight excluding hydrogens is 989 g/mol. The molecule has 386 valence electrons. The lowest BCUT2D eigenvalue weighted by Crippen LogP contribution is -2.04. The van der Waals surface area contributed by atoms with Crippen LogP contribution in [0.5, 0.6) is 0 Å². The molecule has 0 N–H and O–H groups in total. The van der Waals surface area contributed by atoms with Gasteiger partial charge in [-0.25, -0.2) is 0 Å². The molecule has 1 aliphatic rings. The minimum atomic E-state index is -0.0207. The summed E-state index contributed by atoms with van der Waals surface area (Å²) in [6, 6.07) is 90.0. The van der Waals surface area contributed by atoms with Crippen molar-refractivity contribution >= 4 is 56.1 Å². The molecule has 13 aromatic rings. The standard InChI is InChI=1S/C80H56N2/c1-3-22-63-64-38-36-60(47-70(54-23-10-4-11-24-54)53(2)35-37-65(64)72(56-27-14-6-15-28-56)50-71(63)55-25-12-5-13-26-55)61-43-45-81-77(48-61)78-49-62(44-46-82-78)76-52-75(59-33-20-9-21-34-59)68-40-39-66-73(57-29-16-7-17-30-57)51-74(58-31-18-8-19-32-58)67-41-42-69(76)80(68)79(66)67/h3-35,37-46,48-52,70H,2,47H2,1H3/b22-3-,37-35-. The Labute approximate surface area is 479 Å². The molecule has 0 radical (unpaired) electrons. The molecule has 11 aromatic carbocycles. The van der Waals surface area contributed by atoms with Gasteiger partial charge in [-0.05, 0) is 194 Å². The minimum absolute atomic E-state index is 0.0207. The highest BCUT2D eigenvalue weighted by Crippen LogP contribution is 2.49. The van der Waals surface area contributed by atoms with Crippen LogP contribution in [0, 0.1) is 0 Å². The third-order valence-electron chi connectivity index (χ3n) is 16.5. The lowest BCUT2D eigenvalue weighted by Gasteiger charge is -2.22. The van der Waals surface area contributed by atoms with Crippen LogP contribution in [0.15, 0.2) is 291 Å². The predicted molar refractivity (Wildman–Crippen MR) is 348 cm³/mol. The first kappa shape index (κ1) is 49.8. The van der Waals surface area contributed by atoms with Gasteiger partial charge in [0.15, 0.2) is 0 Å². The smallest absolute Gasteiger partial charge is 0.0892 e. The van der Waals surface area contributed by atoms with Crippen molar-refractivity contribution in [2.75, 3.05) is 0 Å². The first-order valence-electron chi connectivity index (χ1n) is 28.3. The van der Waals surface area contributed by atoms with E-state index in [-0.39, 0.29) is 5.92 Å². The van der Waals surface area contributed by atoms with Crippen molar-refractivity contribution in [2.24, 2.45) is 0 Å². The first-order chi connectivity index (χ1) is 40.6. The van der Waals surface area contributed by atoms with E-state index in [0.29, 0.717) is 6.42 Å². The maximum atomic E-state index is 5.10. The monoisotopic (exact) mass is 1040 g/mol. The zero-order valence-electron chi connectivity index (χ0n) is 45.6. The molecule has 1 aliphatic carbocycles. The Kier molecular flexibility index (Phi) is 13.1. The molecule has 2 heterocycles. The van der Waals surface area contributed by atoms with Crippen LogP contribution >= 0.6 is 0 Å². The van der Waals surface area contributed by atoms with Crippen LogP contribution in [0.4, 0.5) is 0 Å². The number of hydrogen-bond acceptors (Lipinski definition) is 2. The Morgan fingerprint density at radius 3 is 1.28 bits per heavy atom. The van der Waals surface area contributed by atoms with Gasteiger partial charge in [-0.3, -0.25) is 9.97 Å². The quantitative estimate of drug-likeness (QED) is 0.101. The van der Waals surface area contributed by atoms with Gasteiger partial charge in [0.05, 0.1) is 11.4 Å². The maximum absolute atomic E-state index is 5.10.